The van der Waals surface area contributed by atoms with Crippen LogP contribution in [0.15, 0.2) is 55.0 Å². The lowest BCUT2D eigenvalue weighted by Gasteiger charge is -2.10. The molecule has 1 aliphatic rings. The third-order valence-corrected chi connectivity index (χ3v) is 4.47. The second-order valence-electron chi connectivity index (χ2n) is 6.29. The standard InChI is InChI=1S/C20H21N5O/c1-2-4-15(5-3-1)17-6-9-21-19(25-17)7-10-22-20-12-18(23-14-24-20)16-8-11-26-13-16/h1-6,9,12,14,16H,7-8,10-11,13H2,(H,22,23,24)/t16-/m0/s1. The molecule has 1 aromatic carbocycles. The van der Waals surface area contributed by atoms with E-state index in [2.05, 4.69) is 37.4 Å². The number of anilines is 1. The van der Waals surface area contributed by atoms with Crippen LogP contribution in [0.3, 0.4) is 0 Å². The minimum atomic E-state index is 0.379. The maximum atomic E-state index is 5.44. The van der Waals surface area contributed by atoms with Crippen LogP contribution >= 0.6 is 0 Å². The van der Waals surface area contributed by atoms with Gasteiger partial charge in [-0.05, 0) is 12.5 Å². The SMILES string of the molecule is c1ccc(-c2ccnc(CCNc3cc([C@H]4CCOC4)ncn3)n2)cc1. The molecule has 0 saturated carbocycles. The van der Waals surface area contributed by atoms with E-state index in [4.69, 9.17) is 4.74 Å². The molecular weight excluding hydrogens is 326 g/mol. The normalized spacial score (nSPS) is 16.5. The summed E-state index contributed by atoms with van der Waals surface area (Å²) in [5.74, 6) is 2.03. The van der Waals surface area contributed by atoms with Gasteiger partial charge in [0.2, 0.25) is 0 Å². The van der Waals surface area contributed by atoms with E-state index in [1.165, 1.54) is 0 Å². The molecule has 3 aromatic rings. The van der Waals surface area contributed by atoms with Gasteiger partial charge < -0.3 is 10.1 Å². The average Bonchev–Trinajstić information content (AvgIpc) is 3.24. The van der Waals surface area contributed by atoms with Crippen LogP contribution in [0.1, 0.15) is 23.9 Å². The van der Waals surface area contributed by atoms with E-state index in [0.717, 1.165) is 61.2 Å². The van der Waals surface area contributed by atoms with Crippen LogP contribution in [-0.2, 0) is 11.2 Å². The van der Waals surface area contributed by atoms with E-state index in [1.807, 2.05) is 36.5 Å². The second kappa shape index (κ2) is 8.01. The van der Waals surface area contributed by atoms with Crippen LogP contribution in [0.4, 0.5) is 5.82 Å². The zero-order valence-corrected chi connectivity index (χ0v) is 14.5. The molecule has 6 heteroatoms. The molecule has 0 radical (unpaired) electrons. The van der Waals surface area contributed by atoms with Gasteiger partial charge in [-0.25, -0.2) is 19.9 Å². The van der Waals surface area contributed by atoms with Gasteiger partial charge in [0, 0.05) is 43.3 Å². The number of rotatable bonds is 6. The fraction of sp³-hybridized carbons (Fsp3) is 0.300. The Hall–Kier alpha value is -2.86. The van der Waals surface area contributed by atoms with E-state index in [9.17, 15) is 0 Å². The molecule has 0 amide bonds. The highest BCUT2D eigenvalue weighted by atomic mass is 16.5. The number of aromatic nitrogens is 4. The van der Waals surface area contributed by atoms with Crippen LogP contribution in [0.25, 0.3) is 11.3 Å². The molecule has 6 nitrogen and oxygen atoms in total. The van der Waals surface area contributed by atoms with Crippen LogP contribution < -0.4 is 5.32 Å². The topological polar surface area (TPSA) is 72.8 Å². The molecule has 132 valence electrons. The summed E-state index contributed by atoms with van der Waals surface area (Å²) in [4.78, 5) is 17.7. The second-order valence-corrected chi connectivity index (χ2v) is 6.29. The van der Waals surface area contributed by atoms with E-state index in [0.29, 0.717) is 5.92 Å². The zero-order chi connectivity index (χ0) is 17.6. The average molecular weight is 347 g/mol. The van der Waals surface area contributed by atoms with Gasteiger partial charge in [0.1, 0.15) is 18.0 Å². The number of hydrogen-bond acceptors (Lipinski definition) is 6. The van der Waals surface area contributed by atoms with Crippen molar-refractivity contribution in [2.45, 2.75) is 18.8 Å². The Morgan fingerprint density at radius 2 is 2.00 bits per heavy atom. The van der Waals surface area contributed by atoms with Gasteiger partial charge in [-0.15, -0.1) is 0 Å². The largest absolute Gasteiger partial charge is 0.381 e. The van der Waals surface area contributed by atoms with E-state index < -0.39 is 0 Å². The molecule has 0 unspecified atom stereocenters. The summed E-state index contributed by atoms with van der Waals surface area (Å²) in [5, 5.41) is 3.34. The van der Waals surface area contributed by atoms with Crippen molar-refractivity contribution < 1.29 is 4.74 Å². The van der Waals surface area contributed by atoms with Crippen LogP contribution in [-0.4, -0.2) is 39.7 Å². The summed E-state index contributed by atoms with van der Waals surface area (Å²) in [6.45, 7) is 2.28. The van der Waals surface area contributed by atoms with Crippen molar-refractivity contribution in [3.8, 4) is 11.3 Å². The molecule has 1 N–H and O–H groups in total. The summed E-state index contributed by atoms with van der Waals surface area (Å²) in [6, 6.07) is 14.1. The Morgan fingerprint density at radius 3 is 2.85 bits per heavy atom. The fourth-order valence-corrected chi connectivity index (χ4v) is 3.05. The highest BCUT2D eigenvalue weighted by Gasteiger charge is 2.19. The first-order valence-corrected chi connectivity index (χ1v) is 8.89. The lowest BCUT2D eigenvalue weighted by atomic mass is 10.1. The van der Waals surface area contributed by atoms with Crippen LogP contribution in [0.5, 0.6) is 0 Å². The van der Waals surface area contributed by atoms with Crippen molar-refractivity contribution >= 4 is 5.82 Å². The van der Waals surface area contributed by atoms with Gasteiger partial charge in [0.25, 0.3) is 0 Å². The summed E-state index contributed by atoms with van der Waals surface area (Å²) in [5.41, 5.74) is 3.09. The summed E-state index contributed by atoms with van der Waals surface area (Å²) in [6.07, 6.45) is 5.18. The third kappa shape index (κ3) is 4.03. The van der Waals surface area contributed by atoms with E-state index in [1.54, 1.807) is 6.33 Å². The molecule has 1 atom stereocenters. The van der Waals surface area contributed by atoms with Gasteiger partial charge in [-0.2, -0.15) is 0 Å². The quantitative estimate of drug-likeness (QED) is 0.739. The Kier molecular flexibility index (Phi) is 5.12. The first kappa shape index (κ1) is 16.6. The van der Waals surface area contributed by atoms with Gasteiger partial charge in [0.15, 0.2) is 0 Å². The summed E-state index contributed by atoms with van der Waals surface area (Å²) < 4.78 is 5.44. The summed E-state index contributed by atoms with van der Waals surface area (Å²) in [7, 11) is 0. The van der Waals surface area contributed by atoms with Gasteiger partial charge >= 0.3 is 0 Å². The van der Waals surface area contributed by atoms with Crippen molar-refractivity contribution in [2.75, 3.05) is 25.1 Å². The van der Waals surface area contributed by atoms with Crippen molar-refractivity contribution in [2.24, 2.45) is 0 Å². The Labute approximate surface area is 152 Å². The smallest absolute Gasteiger partial charge is 0.130 e. The molecule has 0 spiro atoms. The molecule has 4 rings (SSSR count). The zero-order valence-electron chi connectivity index (χ0n) is 14.5. The summed E-state index contributed by atoms with van der Waals surface area (Å²) >= 11 is 0. The maximum absolute atomic E-state index is 5.44. The molecule has 3 heterocycles. The van der Waals surface area contributed by atoms with Crippen molar-refractivity contribution in [1.82, 2.24) is 19.9 Å². The number of nitrogens with one attached hydrogen (secondary N) is 1. The molecule has 0 bridgehead atoms. The Morgan fingerprint density at radius 1 is 1.08 bits per heavy atom. The van der Waals surface area contributed by atoms with Crippen molar-refractivity contribution in [3.63, 3.8) is 0 Å². The third-order valence-electron chi connectivity index (χ3n) is 4.47. The first-order valence-electron chi connectivity index (χ1n) is 8.89. The minimum absolute atomic E-state index is 0.379. The first-order chi connectivity index (χ1) is 12.9. The highest BCUT2D eigenvalue weighted by molar-refractivity contribution is 5.58. The molecule has 1 aliphatic heterocycles. The van der Waals surface area contributed by atoms with Gasteiger partial charge in [-0.3, -0.25) is 0 Å². The van der Waals surface area contributed by atoms with Gasteiger partial charge in [0.05, 0.1) is 18.0 Å². The Bertz CT molecular complexity index is 850. The molecule has 26 heavy (non-hydrogen) atoms. The number of ether oxygens (including phenoxy) is 1. The van der Waals surface area contributed by atoms with Crippen molar-refractivity contribution in [3.05, 3.63) is 66.5 Å². The lowest BCUT2D eigenvalue weighted by molar-refractivity contribution is 0.193. The maximum Gasteiger partial charge on any atom is 0.130 e. The lowest BCUT2D eigenvalue weighted by Crippen LogP contribution is -2.10. The predicted molar refractivity (Wildman–Crippen MR) is 99.9 cm³/mol. The van der Waals surface area contributed by atoms with Gasteiger partial charge in [-0.1, -0.05) is 30.3 Å². The molecule has 2 aromatic heterocycles. The number of benzene rings is 1. The fourth-order valence-electron chi connectivity index (χ4n) is 3.05. The molecular formula is C20H21N5O. The molecule has 1 saturated heterocycles. The van der Waals surface area contributed by atoms with E-state index >= 15 is 0 Å². The van der Waals surface area contributed by atoms with E-state index in [-0.39, 0.29) is 0 Å². The Balaban J connectivity index is 1.37. The van der Waals surface area contributed by atoms with Crippen LogP contribution in [0, 0.1) is 0 Å². The highest BCUT2D eigenvalue weighted by Crippen LogP contribution is 2.24. The number of hydrogen-bond donors (Lipinski definition) is 1. The minimum Gasteiger partial charge on any atom is -0.381 e. The molecule has 0 aliphatic carbocycles. The molecule has 1 fully saturated rings. The predicted octanol–water partition coefficient (Wildman–Crippen LogP) is 3.09. The monoisotopic (exact) mass is 347 g/mol. The number of nitrogens with zero attached hydrogens (tertiary/aromatic N) is 4. The van der Waals surface area contributed by atoms with Crippen LogP contribution in [0.2, 0.25) is 0 Å². The van der Waals surface area contributed by atoms with Crippen molar-refractivity contribution in [1.29, 1.82) is 0 Å².